The number of rotatable bonds is 6. The lowest BCUT2D eigenvalue weighted by molar-refractivity contribution is 0.200. The molecular formula is C18H29NO. The fraction of sp³-hybridized carbons (Fsp3) is 0.667. The molecule has 0 saturated heterocycles. The van der Waals surface area contributed by atoms with Gasteiger partial charge in [0.25, 0.3) is 0 Å². The van der Waals surface area contributed by atoms with E-state index in [2.05, 4.69) is 50.4 Å². The van der Waals surface area contributed by atoms with Crippen molar-refractivity contribution in [1.82, 2.24) is 5.32 Å². The summed E-state index contributed by atoms with van der Waals surface area (Å²) in [5, 5.41) is 13.1. The van der Waals surface area contributed by atoms with E-state index in [1.165, 1.54) is 24.0 Å². The molecule has 0 spiro atoms. The third kappa shape index (κ3) is 4.07. The Balaban J connectivity index is 1.93. The van der Waals surface area contributed by atoms with Crippen LogP contribution in [0.15, 0.2) is 24.3 Å². The second-order valence-corrected chi connectivity index (χ2v) is 6.71. The molecule has 0 radical (unpaired) electrons. The van der Waals surface area contributed by atoms with Gasteiger partial charge in [0.2, 0.25) is 0 Å². The van der Waals surface area contributed by atoms with Gasteiger partial charge in [-0.15, -0.1) is 0 Å². The van der Waals surface area contributed by atoms with Gasteiger partial charge < -0.3 is 10.4 Å². The van der Waals surface area contributed by atoms with E-state index in [4.69, 9.17) is 0 Å². The van der Waals surface area contributed by atoms with Gasteiger partial charge in [-0.2, -0.15) is 0 Å². The molecule has 1 aliphatic rings. The number of hydrogen-bond donors (Lipinski definition) is 2. The lowest BCUT2D eigenvalue weighted by atomic mass is 9.98. The van der Waals surface area contributed by atoms with Crippen molar-refractivity contribution in [2.24, 2.45) is 11.8 Å². The van der Waals surface area contributed by atoms with Crippen LogP contribution >= 0.6 is 0 Å². The molecule has 20 heavy (non-hydrogen) atoms. The molecule has 3 unspecified atom stereocenters. The summed E-state index contributed by atoms with van der Waals surface area (Å²) in [5.74, 6) is 1.15. The number of benzene rings is 1. The maximum atomic E-state index is 9.40. The van der Waals surface area contributed by atoms with Crippen LogP contribution in [0.3, 0.4) is 0 Å². The largest absolute Gasteiger partial charge is 0.396 e. The van der Waals surface area contributed by atoms with Crippen molar-refractivity contribution in [2.75, 3.05) is 6.61 Å². The van der Waals surface area contributed by atoms with Crippen LogP contribution in [0.1, 0.15) is 57.2 Å². The smallest absolute Gasteiger partial charge is 0.0474 e. The minimum absolute atomic E-state index is 0.317. The van der Waals surface area contributed by atoms with Crippen LogP contribution in [0.5, 0.6) is 0 Å². The van der Waals surface area contributed by atoms with Gasteiger partial charge in [-0.25, -0.2) is 0 Å². The molecule has 3 atom stereocenters. The summed E-state index contributed by atoms with van der Waals surface area (Å²) >= 11 is 0. The van der Waals surface area contributed by atoms with Crippen molar-refractivity contribution < 1.29 is 5.11 Å². The molecule has 2 nitrogen and oxygen atoms in total. The van der Waals surface area contributed by atoms with Gasteiger partial charge in [0, 0.05) is 18.7 Å². The molecule has 1 aromatic rings. The van der Waals surface area contributed by atoms with Gasteiger partial charge in [0.1, 0.15) is 0 Å². The van der Waals surface area contributed by atoms with E-state index >= 15 is 0 Å². The SMILES string of the molecule is CC(C)Cc1ccc(C(C)NC2CCCC2CO)cc1. The van der Waals surface area contributed by atoms with Crippen molar-refractivity contribution in [2.45, 2.75) is 58.5 Å². The highest BCUT2D eigenvalue weighted by Crippen LogP contribution is 2.27. The second kappa shape index (κ2) is 7.24. The molecule has 1 aliphatic carbocycles. The van der Waals surface area contributed by atoms with Crippen molar-refractivity contribution in [3.63, 3.8) is 0 Å². The Labute approximate surface area is 123 Å². The molecule has 0 bridgehead atoms. The van der Waals surface area contributed by atoms with E-state index in [9.17, 15) is 5.11 Å². The van der Waals surface area contributed by atoms with Crippen LogP contribution in [-0.2, 0) is 6.42 Å². The summed E-state index contributed by atoms with van der Waals surface area (Å²) in [5.41, 5.74) is 2.77. The number of nitrogens with one attached hydrogen (secondary N) is 1. The standard InChI is InChI=1S/C18H29NO/c1-13(2)11-15-7-9-16(10-8-15)14(3)19-18-6-4-5-17(18)12-20/h7-10,13-14,17-20H,4-6,11-12H2,1-3H3. The molecule has 2 N–H and O–H groups in total. The summed E-state index contributed by atoms with van der Waals surface area (Å²) in [6, 6.07) is 9.85. The molecular weight excluding hydrogens is 246 g/mol. The average molecular weight is 275 g/mol. The normalized spacial score (nSPS) is 24.2. The van der Waals surface area contributed by atoms with E-state index in [-0.39, 0.29) is 0 Å². The van der Waals surface area contributed by atoms with E-state index in [0.717, 1.165) is 12.8 Å². The van der Waals surface area contributed by atoms with Crippen LogP contribution in [-0.4, -0.2) is 17.8 Å². The van der Waals surface area contributed by atoms with Crippen LogP contribution in [0, 0.1) is 11.8 Å². The Hall–Kier alpha value is -0.860. The van der Waals surface area contributed by atoms with Gasteiger partial charge >= 0.3 is 0 Å². The monoisotopic (exact) mass is 275 g/mol. The third-order valence-corrected chi connectivity index (χ3v) is 4.48. The summed E-state index contributed by atoms with van der Waals surface area (Å²) in [6.07, 6.45) is 4.75. The van der Waals surface area contributed by atoms with Gasteiger partial charge in [0.15, 0.2) is 0 Å². The second-order valence-electron chi connectivity index (χ2n) is 6.71. The number of hydrogen-bond acceptors (Lipinski definition) is 2. The van der Waals surface area contributed by atoms with Crippen LogP contribution in [0.2, 0.25) is 0 Å². The van der Waals surface area contributed by atoms with Gasteiger partial charge in [-0.05, 0) is 49.1 Å². The zero-order valence-electron chi connectivity index (χ0n) is 13.1. The van der Waals surface area contributed by atoms with Crippen molar-refractivity contribution in [1.29, 1.82) is 0 Å². The van der Waals surface area contributed by atoms with Gasteiger partial charge in [0.05, 0.1) is 0 Å². The van der Waals surface area contributed by atoms with Crippen molar-refractivity contribution >= 4 is 0 Å². The van der Waals surface area contributed by atoms with Crippen molar-refractivity contribution in [3.05, 3.63) is 35.4 Å². The van der Waals surface area contributed by atoms with E-state index < -0.39 is 0 Å². The highest BCUT2D eigenvalue weighted by molar-refractivity contribution is 5.25. The van der Waals surface area contributed by atoms with Crippen molar-refractivity contribution in [3.8, 4) is 0 Å². The summed E-state index contributed by atoms with van der Waals surface area (Å²) in [6.45, 7) is 7.06. The first-order valence-electron chi connectivity index (χ1n) is 8.06. The van der Waals surface area contributed by atoms with Crippen LogP contribution in [0.4, 0.5) is 0 Å². The predicted octanol–water partition coefficient (Wildman–Crippen LogP) is 3.70. The van der Waals surface area contributed by atoms with E-state index in [1.807, 2.05) is 0 Å². The third-order valence-electron chi connectivity index (χ3n) is 4.48. The lowest BCUT2D eigenvalue weighted by Crippen LogP contribution is -2.35. The van der Waals surface area contributed by atoms with Crippen LogP contribution in [0.25, 0.3) is 0 Å². The highest BCUT2D eigenvalue weighted by Gasteiger charge is 2.27. The first-order valence-corrected chi connectivity index (χ1v) is 8.06. The fourth-order valence-electron chi connectivity index (χ4n) is 3.31. The molecule has 2 heteroatoms. The lowest BCUT2D eigenvalue weighted by Gasteiger charge is -2.24. The Bertz CT molecular complexity index is 398. The minimum atomic E-state index is 0.317. The maximum Gasteiger partial charge on any atom is 0.0474 e. The fourth-order valence-corrected chi connectivity index (χ4v) is 3.31. The van der Waals surface area contributed by atoms with E-state index in [0.29, 0.717) is 30.5 Å². The molecule has 0 aliphatic heterocycles. The topological polar surface area (TPSA) is 32.3 Å². The summed E-state index contributed by atoms with van der Waals surface area (Å²) < 4.78 is 0. The Morgan fingerprint density at radius 2 is 1.85 bits per heavy atom. The molecule has 1 fully saturated rings. The number of aliphatic hydroxyl groups excluding tert-OH is 1. The van der Waals surface area contributed by atoms with Gasteiger partial charge in [-0.3, -0.25) is 0 Å². The Morgan fingerprint density at radius 1 is 1.15 bits per heavy atom. The molecule has 1 saturated carbocycles. The first kappa shape index (κ1) is 15.5. The van der Waals surface area contributed by atoms with Crippen LogP contribution < -0.4 is 5.32 Å². The maximum absolute atomic E-state index is 9.40. The molecule has 1 aromatic carbocycles. The molecule has 0 aromatic heterocycles. The molecule has 0 heterocycles. The molecule has 2 rings (SSSR count). The Kier molecular flexibility index (Phi) is 5.62. The molecule has 112 valence electrons. The number of aliphatic hydroxyl groups is 1. The zero-order valence-corrected chi connectivity index (χ0v) is 13.1. The summed E-state index contributed by atoms with van der Waals surface area (Å²) in [7, 11) is 0. The summed E-state index contributed by atoms with van der Waals surface area (Å²) in [4.78, 5) is 0. The van der Waals surface area contributed by atoms with Gasteiger partial charge in [-0.1, -0.05) is 44.5 Å². The average Bonchev–Trinajstić information content (AvgIpc) is 2.86. The Morgan fingerprint density at radius 3 is 2.45 bits per heavy atom. The predicted molar refractivity (Wildman–Crippen MR) is 84.7 cm³/mol. The highest BCUT2D eigenvalue weighted by atomic mass is 16.3. The minimum Gasteiger partial charge on any atom is -0.396 e. The quantitative estimate of drug-likeness (QED) is 0.830. The zero-order chi connectivity index (χ0) is 14.5. The first-order chi connectivity index (χ1) is 9.60. The molecule has 0 amide bonds. The van der Waals surface area contributed by atoms with E-state index in [1.54, 1.807) is 0 Å².